The normalized spacial score (nSPS) is 14.0. The van der Waals surface area contributed by atoms with Crippen LogP contribution in [-0.4, -0.2) is 0 Å². The Labute approximate surface area is 41.4 Å². The standard InChI is InChI=1S/C3H3.Au/c1-2-3-1;/h1H,2H2;/q-1;+1. The minimum Gasteiger partial charge on any atom is -0.502 e. The average molecular weight is 236 g/mol. The Morgan fingerprint density at radius 1 is 1.75 bits per heavy atom. The maximum absolute atomic E-state index is 2.88. The molecular formula is C3H3Au. The van der Waals surface area contributed by atoms with E-state index in [9.17, 15) is 0 Å². The van der Waals surface area contributed by atoms with Gasteiger partial charge < -0.3 is 6.08 Å². The first-order valence-corrected chi connectivity index (χ1v) is 1.05. The molecule has 0 aromatic carbocycles. The fraction of sp³-hybridized carbons (Fsp3) is 0.333. The van der Waals surface area contributed by atoms with Crippen molar-refractivity contribution in [1.29, 1.82) is 0 Å². The van der Waals surface area contributed by atoms with Crippen molar-refractivity contribution in [3.05, 3.63) is 12.2 Å². The van der Waals surface area contributed by atoms with Crippen molar-refractivity contribution in [1.82, 2.24) is 0 Å². The molecule has 26 valence electrons. The van der Waals surface area contributed by atoms with Crippen molar-refractivity contribution < 1.29 is 22.4 Å². The van der Waals surface area contributed by atoms with E-state index >= 15 is 0 Å². The molecule has 0 nitrogen and oxygen atoms in total. The largest absolute Gasteiger partial charge is 1.00 e. The van der Waals surface area contributed by atoms with Gasteiger partial charge in [0.25, 0.3) is 0 Å². The fourth-order valence-electron chi connectivity index (χ4n) is 0. The molecule has 1 aliphatic rings. The van der Waals surface area contributed by atoms with Crippen molar-refractivity contribution in [3.63, 3.8) is 0 Å². The molecule has 0 N–H and O–H groups in total. The van der Waals surface area contributed by atoms with Gasteiger partial charge in [-0.25, -0.2) is 6.42 Å². The predicted molar refractivity (Wildman–Crippen MR) is 12.4 cm³/mol. The van der Waals surface area contributed by atoms with Gasteiger partial charge in [0.05, 0.1) is 0 Å². The quantitative estimate of drug-likeness (QED) is 0.430. The van der Waals surface area contributed by atoms with Gasteiger partial charge in [-0.2, -0.15) is 0 Å². The molecule has 0 unspecified atom stereocenters. The van der Waals surface area contributed by atoms with Crippen LogP contribution in [-0.2, 0) is 22.4 Å². The Morgan fingerprint density at radius 3 is 2.00 bits per heavy atom. The summed E-state index contributed by atoms with van der Waals surface area (Å²) in [6.07, 6.45) is 6.00. The molecule has 1 rings (SSSR count). The average Bonchev–Trinajstić information content (AvgIpc) is 1.46. The van der Waals surface area contributed by atoms with Crippen molar-refractivity contribution >= 4 is 0 Å². The molecule has 0 amide bonds. The SMILES string of the molecule is [Au+].[C-]1=CC1. The minimum absolute atomic E-state index is 0. The third-order valence-corrected chi connectivity index (χ3v) is 0.204. The molecule has 4 heavy (non-hydrogen) atoms. The fourth-order valence-corrected chi connectivity index (χ4v) is 0. The molecule has 0 atom stereocenters. The molecule has 0 spiro atoms. The van der Waals surface area contributed by atoms with E-state index in [0.29, 0.717) is 0 Å². The summed E-state index contributed by atoms with van der Waals surface area (Å²) in [7, 11) is 0. The van der Waals surface area contributed by atoms with Gasteiger partial charge in [-0.1, -0.05) is 0 Å². The number of hydrogen-bond acceptors (Lipinski definition) is 0. The third kappa shape index (κ3) is 2.48. The smallest absolute Gasteiger partial charge is 0.502 e. The molecule has 0 fully saturated rings. The summed E-state index contributed by atoms with van der Waals surface area (Å²) < 4.78 is 0. The number of hydrogen-bond donors (Lipinski definition) is 0. The molecule has 0 aliphatic heterocycles. The molecule has 0 bridgehead atoms. The van der Waals surface area contributed by atoms with Gasteiger partial charge in [0.15, 0.2) is 0 Å². The maximum Gasteiger partial charge on any atom is 1.00 e. The summed E-state index contributed by atoms with van der Waals surface area (Å²) in [5.74, 6) is 0. The van der Waals surface area contributed by atoms with Gasteiger partial charge in [-0.05, 0) is 0 Å². The zero-order chi connectivity index (χ0) is 2.12. The minimum atomic E-state index is 0. The zero-order valence-corrected chi connectivity index (χ0v) is 4.25. The summed E-state index contributed by atoms with van der Waals surface area (Å²) >= 11 is 0. The van der Waals surface area contributed by atoms with Gasteiger partial charge in [0.2, 0.25) is 0 Å². The molecule has 0 heterocycles. The van der Waals surface area contributed by atoms with Gasteiger partial charge in [0, 0.05) is 0 Å². The third-order valence-electron chi connectivity index (χ3n) is 0.204. The Morgan fingerprint density at radius 2 is 2.00 bits per heavy atom. The van der Waals surface area contributed by atoms with Crippen molar-refractivity contribution in [2.24, 2.45) is 0 Å². The van der Waals surface area contributed by atoms with E-state index in [4.69, 9.17) is 0 Å². The van der Waals surface area contributed by atoms with Crippen LogP contribution in [0.1, 0.15) is 6.42 Å². The van der Waals surface area contributed by atoms with Crippen LogP contribution in [0.15, 0.2) is 6.08 Å². The molecule has 0 aromatic heterocycles. The monoisotopic (exact) mass is 236 g/mol. The molecule has 1 aliphatic carbocycles. The number of rotatable bonds is 0. The summed E-state index contributed by atoms with van der Waals surface area (Å²) in [6.45, 7) is 0. The van der Waals surface area contributed by atoms with Crippen LogP contribution < -0.4 is 0 Å². The van der Waals surface area contributed by atoms with E-state index in [1.54, 1.807) is 0 Å². The van der Waals surface area contributed by atoms with Crippen LogP contribution in [0.4, 0.5) is 0 Å². The first kappa shape index (κ1) is 4.48. The van der Waals surface area contributed by atoms with Crippen LogP contribution in [0.25, 0.3) is 0 Å². The summed E-state index contributed by atoms with van der Waals surface area (Å²) in [5, 5.41) is 0. The van der Waals surface area contributed by atoms with E-state index in [1.165, 1.54) is 0 Å². The van der Waals surface area contributed by atoms with Crippen molar-refractivity contribution in [2.75, 3.05) is 0 Å². The predicted octanol–water partition coefficient (Wildman–Crippen LogP) is 0.747. The van der Waals surface area contributed by atoms with Gasteiger partial charge >= 0.3 is 22.4 Å². The molecule has 0 radical (unpaired) electrons. The number of allylic oxidation sites excluding steroid dienone is 2. The van der Waals surface area contributed by atoms with Gasteiger partial charge in [0.1, 0.15) is 0 Å². The Kier molecular flexibility index (Phi) is 1.98. The Bertz CT molecular complexity index is 26.3. The Hall–Kier alpha value is 0.480. The molecule has 0 aromatic rings. The zero-order valence-electron chi connectivity index (χ0n) is 2.09. The second kappa shape index (κ2) is 1.77. The van der Waals surface area contributed by atoms with Crippen molar-refractivity contribution in [2.45, 2.75) is 6.42 Å². The second-order valence-electron chi connectivity index (χ2n) is 0.612. The summed E-state index contributed by atoms with van der Waals surface area (Å²) in [5.41, 5.74) is 0. The van der Waals surface area contributed by atoms with Gasteiger partial charge in [-0.3, -0.25) is 6.08 Å². The van der Waals surface area contributed by atoms with E-state index in [1.807, 2.05) is 6.08 Å². The first-order valence-electron chi connectivity index (χ1n) is 1.05. The van der Waals surface area contributed by atoms with Crippen LogP contribution in [0.2, 0.25) is 0 Å². The van der Waals surface area contributed by atoms with Crippen LogP contribution in [0.5, 0.6) is 0 Å². The topological polar surface area (TPSA) is 0 Å². The van der Waals surface area contributed by atoms with Crippen LogP contribution in [0.3, 0.4) is 0 Å². The van der Waals surface area contributed by atoms with E-state index in [-0.39, 0.29) is 22.4 Å². The van der Waals surface area contributed by atoms with Gasteiger partial charge in [-0.15, -0.1) is 0 Å². The van der Waals surface area contributed by atoms with Crippen LogP contribution >= 0.6 is 0 Å². The van der Waals surface area contributed by atoms with E-state index in [2.05, 4.69) is 6.08 Å². The summed E-state index contributed by atoms with van der Waals surface area (Å²) in [4.78, 5) is 0. The van der Waals surface area contributed by atoms with E-state index < -0.39 is 0 Å². The van der Waals surface area contributed by atoms with E-state index in [0.717, 1.165) is 6.42 Å². The molecule has 0 saturated heterocycles. The maximum atomic E-state index is 2.88. The molecular weight excluding hydrogens is 233 g/mol. The Balaban J connectivity index is 0.0000000900. The molecule has 1 heteroatoms. The second-order valence-corrected chi connectivity index (χ2v) is 0.612. The van der Waals surface area contributed by atoms with Crippen LogP contribution in [0, 0.1) is 6.08 Å². The molecule has 0 saturated carbocycles. The first-order chi connectivity index (χ1) is 1.50. The van der Waals surface area contributed by atoms with Crippen molar-refractivity contribution in [3.8, 4) is 0 Å². The summed E-state index contributed by atoms with van der Waals surface area (Å²) in [6, 6.07) is 0.